The lowest BCUT2D eigenvalue weighted by Crippen LogP contribution is -2.50. The summed E-state index contributed by atoms with van der Waals surface area (Å²) in [5.41, 5.74) is 0. The molecule has 1 N–H and O–H groups in total. The number of hydrogen-bond acceptors (Lipinski definition) is 3. The summed E-state index contributed by atoms with van der Waals surface area (Å²) < 4.78 is 5.43. The predicted molar refractivity (Wildman–Crippen MR) is 64.2 cm³/mol. The number of thiol groups is 1. The van der Waals surface area contributed by atoms with Gasteiger partial charge in [0.25, 0.3) is 0 Å². The Hall–Kier alpha value is -0.220. The van der Waals surface area contributed by atoms with Crippen molar-refractivity contribution >= 4 is 18.5 Å². The van der Waals surface area contributed by atoms with Gasteiger partial charge in [0.05, 0.1) is 11.4 Å². The van der Waals surface area contributed by atoms with E-state index in [-0.39, 0.29) is 17.1 Å². The van der Waals surface area contributed by atoms with Gasteiger partial charge >= 0.3 is 0 Å². The Morgan fingerprint density at radius 3 is 2.60 bits per heavy atom. The van der Waals surface area contributed by atoms with Gasteiger partial charge in [-0.2, -0.15) is 12.6 Å². The van der Waals surface area contributed by atoms with Gasteiger partial charge in [-0.3, -0.25) is 4.79 Å². The van der Waals surface area contributed by atoms with Crippen LogP contribution in [0.2, 0.25) is 0 Å². The Kier molecular flexibility index (Phi) is 4.93. The van der Waals surface area contributed by atoms with E-state index in [0.717, 1.165) is 19.4 Å². The van der Waals surface area contributed by atoms with Crippen molar-refractivity contribution in [1.82, 2.24) is 5.32 Å². The normalized spacial score (nSPS) is 27.3. The molecule has 1 atom stereocenters. The van der Waals surface area contributed by atoms with Gasteiger partial charge in [-0.05, 0) is 25.7 Å². The van der Waals surface area contributed by atoms with Gasteiger partial charge in [-0.25, -0.2) is 0 Å². The van der Waals surface area contributed by atoms with Crippen molar-refractivity contribution in [3.8, 4) is 0 Å². The zero-order valence-electron chi connectivity index (χ0n) is 9.69. The van der Waals surface area contributed by atoms with Crippen molar-refractivity contribution in [2.45, 2.75) is 51.0 Å². The van der Waals surface area contributed by atoms with Crippen molar-refractivity contribution in [2.75, 3.05) is 6.61 Å². The van der Waals surface area contributed by atoms with E-state index in [9.17, 15) is 4.79 Å². The van der Waals surface area contributed by atoms with Crippen LogP contribution in [0.4, 0.5) is 0 Å². The lowest BCUT2D eigenvalue weighted by Gasteiger charge is -2.36. The highest BCUT2D eigenvalue weighted by molar-refractivity contribution is 7.81. The summed E-state index contributed by atoms with van der Waals surface area (Å²) in [6.07, 6.45) is 2.23. The van der Waals surface area contributed by atoms with Gasteiger partial charge in [0.1, 0.15) is 0 Å². The summed E-state index contributed by atoms with van der Waals surface area (Å²) in [6, 6.07) is 0.294. The molecule has 3 nitrogen and oxygen atoms in total. The number of ether oxygens (including phenoxy) is 1. The minimum atomic E-state index is -0.198. The fourth-order valence-electron chi connectivity index (χ4n) is 1.64. The Balaban J connectivity index is 2.19. The predicted octanol–water partition coefficient (Wildman–Crippen LogP) is 1.62. The third kappa shape index (κ3) is 3.68. The second-order valence-corrected chi connectivity index (χ2v) is 5.00. The van der Waals surface area contributed by atoms with Crippen LogP contribution in [-0.2, 0) is 9.53 Å². The molecule has 4 heteroatoms. The summed E-state index contributed by atoms with van der Waals surface area (Å²) in [7, 11) is 0. The van der Waals surface area contributed by atoms with E-state index < -0.39 is 0 Å². The van der Waals surface area contributed by atoms with E-state index in [0.29, 0.717) is 12.1 Å². The second kappa shape index (κ2) is 5.75. The molecule has 0 aromatic heterocycles. The largest absolute Gasteiger partial charge is 0.378 e. The number of nitrogens with one attached hydrogen (secondary N) is 1. The van der Waals surface area contributed by atoms with Crippen molar-refractivity contribution in [2.24, 2.45) is 5.92 Å². The van der Waals surface area contributed by atoms with Crippen molar-refractivity contribution in [3.05, 3.63) is 0 Å². The van der Waals surface area contributed by atoms with Crippen molar-refractivity contribution in [1.29, 1.82) is 0 Å². The molecule has 1 fully saturated rings. The molecule has 0 bridgehead atoms. The molecule has 0 aromatic rings. The lowest BCUT2D eigenvalue weighted by atomic mass is 9.89. The van der Waals surface area contributed by atoms with Crippen LogP contribution in [0.5, 0.6) is 0 Å². The van der Waals surface area contributed by atoms with Gasteiger partial charge in [0, 0.05) is 12.6 Å². The molecule has 0 radical (unpaired) electrons. The quantitative estimate of drug-likeness (QED) is 0.706. The third-order valence-electron chi connectivity index (χ3n) is 2.74. The highest BCUT2D eigenvalue weighted by Crippen LogP contribution is 2.23. The fourth-order valence-corrected chi connectivity index (χ4v) is 1.72. The SMILES string of the molecule is CCOC1CC(NC(=O)C(S)C(C)C)C1. The molecule has 1 amide bonds. The van der Waals surface area contributed by atoms with Crippen LogP contribution >= 0.6 is 12.6 Å². The van der Waals surface area contributed by atoms with Crippen LogP contribution in [-0.4, -0.2) is 29.9 Å². The Labute approximate surface area is 97.4 Å². The van der Waals surface area contributed by atoms with E-state index in [1.54, 1.807) is 0 Å². The van der Waals surface area contributed by atoms with Crippen molar-refractivity contribution in [3.63, 3.8) is 0 Å². The van der Waals surface area contributed by atoms with Crippen LogP contribution in [0.1, 0.15) is 33.6 Å². The summed E-state index contributed by atoms with van der Waals surface area (Å²) >= 11 is 4.28. The first-order valence-corrected chi connectivity index (χ1v) is 6.16. The molecule has 0 spiro atoms. The molecule has 15 heavy (non-hydrogen) atoms. The first-order valence-electron chi connectivity index (χ1n) is 5.64. The molecule has 1 saturated carbocycles. The number of carbonyl (C=O) groups excluding carboxylic acids is 1. The minimum absolute atomic E-state index is 0.0493. The zero-order valence-corrected chi connectivity index (χ0v) is 10.6. The number of amides is 1. The topological polar surface area (TPSA) is 38.3 Å². The third-order valence-corrected chi connectivity index (χ3v) is 3.57. The Bertz CT molecular complexity index is 215. The second-order valence-electron chi connectivity index (χ2n) is 4.44. The molecule has 0 aromatic carbocycles. The van der Waals surface area contributed by atoms with Gasteiger partial charge in [-0.1, -0.05) is 13.8 Å². The number of hydrogen-bond donors (Lipinski definition) is 2. The summed E-state index contributed by atoms with van der Waals surface area (Å²) in [5, 5.41) is 2.79. The molecule has 0 heterocycles. The highest BCUT2D eigenvalue weighted by Gasteiger charge is 2.32. The smallest absolute Gasteiger partial charge is 0.233 e. The van der Waals surface area contributed by atoms with Crippen molar-refractivity contribution < 1.29 is 9.53 Å². The summed E-state index contributed by atoms with van der Waals surface area (Å²) in [5.74, 6) is 0.324. The van der Waals surface area contributed by atoms with Crippen LogP contribution in [0.3, 0.4) is 0 Å². The van der Waals surface area contributed by atoms with Gasteiger partial charge in [0.15, 0.2) is 0 Å². The monoisotopic (exact) mass is 231 g/mol. The molecule has 0 aliphatic heterocycles. The summed E-state index contributed by atoms with van der Waals surface area (Å²) in [6.45, 7) is 6.75. The van der Waals surface area contributed by atoms with Gasteiger partial charge < -0.3 is 10.1 Å². The molecule has 1 aliphatic carbocycles. The molecular formula is C11H21NO2S. The maximum atomic E-state index is 11.6. The van der Waals surface area contributed by atoms with E-state index in [4.69, 9.17) is 4.74 Å². The van der Waals surface area contributed by atoms with Crippen LogP contribution in [0.15, 0.2) is 0 Å². The first-order chi connectivity index (χ1) is 7.04. The molecule has 1 rings (SSSR count). The van der Waals surface area contributed by atoms with E-state index in [1.807, 2.05) is 20.8 Å². The molecule has 88 valence electrons. The maximum Gasteiger partial charge on any atom is 0.233 e. The standard InChI is InChI=1S/C11H21NO2S/c1-4-14-9-5-8(6-9)12-11(13)10(15)7(2)3/h7-10,15H,4-6H2,1-3H3,(H,12,13). The average Bonchev–Trinajstić information content (AvgIpc) is 2.13. The molecule has 1 aliphatic rings. The van der Waals surface area contributed by atoms with Crippen LogP contribution in [0, 0.1) is 5.92 Å². The maximum absolute atomic E-state index is 11.6. The Morgan fingerprint density at radius 1 is 1.53 bits per heavy atom. The number of carbonyl (C=O) groups is 1. The zero-order chi connectivity index (χ0) is 11.4. The van der Waals surface area contributed by atoms with E-state index >= 15 is 0 Å². The van der Waals surface area contributed by atoms with Gasteiger partial charge in [-0.15, -0.1) is 0 Å². The van der Waals surface area contributed by atoms with E-state index in [1.165, 1.54) is 0 Å². The lowest BCUT2D eigenvalue weighted by molar-refractivity contribution is -0.123. The van der Waals surface area contributed by atoms with E-state index in [2.05, 4.69) is 17.9 Å². The van der Waals surface area contributed by atoms with Crippen LogP contribution in [0.25, 0.3) is 0 Å². The summed E-state index contributed by atoms with van der Waals surface area (Å²) in [4.78, 5) is 11.6. The number of rotatable bonds is 5. The van der Waals surface area contributed by atoms with Crippen LogP contribution < -0.4 is 5.32 Å². The van der Waals surface area contributed by atoms with Gasteiger partial charge in [0.2, 0.25) is 5.91 Å². The molecule has 0 saturated heterocycles. The first kappa shape index (κ1) is 12.8. The molecule has 1 unspecified atom stereocenters. The fraction of sp³-hybridized carbons (Fsp3) is 0.909. The Morgan fingerprint density at radius 2 is 2.13 bits per heavy atom. The average molecular weight is 231 g/mol. The molecular weight excluding hydrogens is 210 g/mol. The highest BCUT2D eigenvalue weighted by atomic mass is 32.1. The minimum Gasteiger partial charge on any atom is -0.378 e.